The molecule has 7 nitrogen and oxygen atoms in total. The van der Waals surface area contributed by atoms with Crippen LogP contribution in [0, 0.1) is 17.3 Å². The molecule has 1 heterocycles. The predicted octanol–water partition coefficient (Wildman–Crippen LogP) is 4.88. The van der Waals surface area contributed by atoms with Crippen molar-refractivity contribution < 1.29 is 29.6 Å². The molecule has 1 aromatic heterocycles. The number of benzene rings is 1. The SMILES string of the molecule is CC(=O)NCC(CO)(CO)COC(=O)c1ccc(CCC[C@@H]2[C@@H](CCc3cc(Cl)cc(Cl)c3)[C@H](O)C[C@H]2Cl)s1. The van der Waals surface area contributed by atoms with Gasteiger partial charge in [-0.25, -0.2) is 4.79 Å². The number of nitrogens with one attached hydrogen (secondary N) is 1. The lowest BCUT2D eigenvalue weighted by molar-refractivity contribution is -0.120. The van der Waals surface area contributed by atoms with Crippen LogP contribution in [0.15, 0.2) is 30.3 Å². The van der Waals surface area contributed by atoms with Gasteiger partial charge in [0.1, 0.15) is 11.5 Å². The first-order chi connectivity index (χ1) is 18.6. The van der Waals surface area contributed by atoms with Crippen LogP contribution in [0.4, 0.5) is 0 Å². The molecule has 0 bridgehead atoms. The number of hydrogen-bond acceptors (Lipinski definition) is 7. The molecule has 4 atom stereocenters. The second-order valence-electron chi connectivity index (χ2n) is 10.4. The number of esters is 1. The summed E-state index contributed by atoms with van der Waals surface area (Å²) in [5, 5.41) is 33.7. The largest absolute Gasteiger partial charge is 0.461 e. The van der Waals surface area contributed by atoms with Crippen LogP contribution in [0.5, 0.6) is 0 Å². The first-order valence-electron chi connectivity index (χ1n) is 13.0. The van der Waals surface area contributed by atoms with Gasteiger partial charge < -0.3 is 25.4 Å². The summed E-state index contributed by atoms with van der Waals surface area (Å²) in [4.78, 5) is 25.3. The first kappa shape index (κ1) is 32.1. The van der Waals surface area contributed by atoms with Crippen molar-refractivity contribution in [3.63, 3.8) is 0 Å². The van der Waals surface area contributed by atoms with E-state index < -0.39 is 30.7 Å². The van der Waals surface area contributed by atoms with Crippen molar-refractivity contribution in [2.45, 2.75) is 56.9 Å². The van der Waals surface area contributed by atoms with Crippen LogP contribution in [0.3, 0.4) is 0 Å². The number of carbonyl (C=O) groups is 2. The van der Waals surface area contributed by atoms with E-state index in [1.54, 1.807) is 12.1 Å². The molecule has 0 radical (unpaired) electrons. The van der Waals surface area contributed by atoms with Crippen LogP contribution in [0.1, 0.15) is 52.7 Å². The summed E-state index contributed by atoms with van der Waals surface area (Å²) < 4.78 is 5.36. The Morgan fingerprint density at radius 1 is 1.08 bits per heavy atom. The molecule has 11 heteroatoms. The van der Waals surface area contributed by atoms with E-state index in [4.69, 9.17) is 39.5 Å². The van der Waals surface area contributed by atoms with Gasteiger partial charge in [-0.1, -0.05) is 23.2 Å². The number of halogens is 3. The van der Waals surface area contributed by atoms with Crippen LogP contribution in [-0.4, -0.2) is 65.0 Å². The fourth-order valence-corrected chi connectivity index (χ4v) is 7.07. The van der Waals surface area contributed by atoms with E-state index in [1.165, 1.54) is 18.3 Å². The molecule has 0 unspecified atom stereocenters. The number of carbonyl (C=O) groups excluding carboxylic acids is 2. The summed E-state index contributed by atoms with van der Waals surface area (Å²) in [6.45, 7) is 0.203. The molecule has 1 aliphatic carbocycles. The Labute approximate surface area is 248 Å². The maximum absolute atomic E-state index is 12.6. The number of aryl methyl sites for hydroxylation is 2. The molecule has 1 fully saturated rings. The third-order valence-electron chi connectivity index (χ3n) is 7.38. The number of ether oxygens (including phenoxy) is 1. The zero-order valence-electron chi connectivity index (χ0n) is 21.9. The van der Waals surface area contributed by atoms with Gasteiger partial charge in [0, 0.05) is 33.8 Å². The summed E-state index contributed by atoms with van der Waals surface area (Å²) in [5.74, 6) is -0.564. The molecule has 0 spiro atoms. The number of alkyl halides is 1. The number of hydrogen-bond donors (Lipinski definition) is 4. The maximum Gasteiger partial charge on any atom is 0.348 e. The number of aliphatic hydroxyl groups is 3. The van der Waals surface area contributed by atoms with Crippen LogP contribution in [-0.2, 0) is 22.4 Å². The van der Waals surface area contributed by atoms with E-state index in [1.807, 2.05) is 18.2 Å². The van der Waals surface area contributed by atoms with E-state index in [2.05, 4.69) is 5.32 Å². The van der Waals surface area contributed by atoms with Gasteiger partial charge in [-0.3, -0.25) is 4.79 Å². The van der Waals surface area contributed by atoms with E-state index in [-0.39, 0.29) is 36.3 Å². The van der Waals surface area contributed by atoms with Crippen molar-refractivity contribution in [3.05, 3.63) is 55.7 Å². The molecule has 0 saturated heterocycles. The minimum atomic E-state index is -1.15. The molecular formula is C28H36Cl3NO6S. The van der Waals surface area contributed by atoms with Gasteiger partial charge in [-0.2, -0.15) is 0 Å². The Morgan fingerprint density at radius 2 is 1.77 bits per heavy atom. The Morgan fingerprint density at radius 3 is 2.41 bits per heavy atom. The van der Waals surface area contributed by atoms with Crippen molar-refractivity contribution in [1.82, 2.24) is 5.32 Å². The smallest absolute Gasteiger partial charge is 0.348 e. The number of thiophene rings is 1. The molecule has 3 rings (SSSR count). The van der Waals surface area contributed by atoms with Crippen LogP contribution < -0.4 is 5.32 Å². The zero-order valence-corrected chi connectivity index (χ0v) is 25.0. The van der Waals surface area contributed by atoms with Crippen molar-refractivity contribution in [2.24, 2.45) is 17.3 Å². The topological polar surface area (TPSA) is 116 Å². The van der Waals surface area contributed by atoms with Gasteiger partial charge >= 0.3 is 5.97 Å². The van der Waals surface area contributed by atoms with Crippen molar-refractivity contribution in [1.29, 1.82) is 0 Å². The second kappa shape index (κ2) is 15.0. The fourth-order valence-electron chi connectivity index (χ4n) is 5.06. The summed E-state index contributed by atoms with van der Waals surface area (Å²) in [6.07, 6.45) is 4.19. The summed E-state index contributed by atoms with van der Waals surface area (Å²) >= 11 is 20.2. The molecule has 1 aromatic carbocycles. The number of amides is 1. The minimum absolute atomic E-state index is 0.0103. The van der Waals surface area contributed by atoms with Gasteiger partial charge in [0.2, 0.25) is 5.91 Å². The van der Waals surface area contributed by atoms with Gasteiger partial charge in [0.15, 0.2) is 0 Å². The highest BCUT2D eigenvalue weighted by molar-refractivity contribution is 7.13. The van der Waals surface area contributed by atoms with Crippen molar-refractivity contribution >= 4 is 58.0 Å². The molecule has 0 aliphatic heterocycles. The van der Waals surface area contributed by atoms with Gasteiger partial charge in [0.05, 0.1) is 24.7 Å². The lowest BCUT2D eigenvalue weighted by Crippen LogP contribution is -2.45. The molecule has 1 aliphatic rings. The monoisotopic (exact) mass is 619 g/mol. The first-order valence-corrected chi connectivity index (χ1v) is 15.1. The van der Waals surface area contributed by atoms with Gasteiger partial charge in [0.25, 0.3) is 0 Å². The summed E-state index contributed by atoms with van der Waals surface area (Å²) in [6, 6.07) is 9.11. The molecule has 4 N–H and O–H groups in total. The van der Waals surface area contributed by atoms with Crippen molar-refractivity contribution in [2.75, 3.05) is 26.4 Å². The van der Waals surface area contributed by atoms with Crippen molar-refractivity contribution in [3.8, 4) is 0 Å². The third kappa shape index (κ3) is 9.32. The molecule has 216 valence electrons. The number of rotatable bonds is 14. The van der Waals surface area contributed by atoms with Crippen LogP contribution in [0.25, 0.3) is 0 Å². The lowest BCUT2D eigenvalue weighted by atomic mass is 9.85. The highest BCUT2D eigenvalue weighted by Crippen LogP contribution is 2.42. The average Bonchev–Trinajstić information content (AvgIpc) is 3.46. The molecule has 39 heavy (non-hydrogen) atoms. The highest BCUT2D eigenvalue weighted by Gasteiger charge is 2.40. The fraction of sp³-hybridized carbons (Fsp3) is 0.571. The Balaban J connectivity index is 1.50. The standard InChI is InChI=1S/C28H36Cl3NO6S/c1-17(35)32-13-28(14-33,15-34)16-38-27(37)26-8-6-21(39-26)3-2-4-22-23(25(36)12-24(22)31)7-5-18-9-19(29)11-20(30)10-18/h6,8-11,22-25,33-34,36H,2-5,7,12-16H2,1H3,(H,32,35)/t22-,23-,24-,25-/m1/s1. The second-order valence-corrected chi connectivity index (χ2v) is 13.0. The lowest BCUT2D eigenvalue weighted by Gasteiger charge is -2.29. The molecule has 1 amide bonds. The molecule has 1 saturated carbocycles. The summed E-state index contributed by atoms with van der Waals surface area (Å²) in [7, 11) is 0. The van der Waals surface area contributed by atoms with E-state index in [9.17, 15) is 24.9 Å². The van der Waals surface area contributed by atoms with Crippen LogP contribution in [0.2, 0.25) is 10.0 Å². The average molecular weight is 621 g/mol. The maximum atomic E-state index is 12.6. The number of aliphatic hydroxyl groups excluding tert-OH is 3. The highest BCUT2D eigenvalue weighted by atomic mass is 35.5. The normalized spacial score (nSPS) is 21.2. The third-order valence-corrected chi connectivity index (χ3v) is 9.44. The Hall–Kier alpha value is -1.39. The summed E-state index contributed by atoms with van der Waals surface area (Å²) in [5.41, 5.74) is -0.110. The van der Waals surface area contributed by atoms with Gasteiger partial charge in [-0.15, -0.1) is 22.9 Å². The van der Waals surface area contributed by atoms with E-state index in [0.717, 1.165) is 42.5 Å². The zero-order chi connectivity index (χ0) is 28.6. The molecular weight excluding hydrogens is 585 g/mol. The predicted molar refractivity (Wildman–Crippen MR) is 155 cm³/mol. The van der Waals surface area contributed by atoms with E-state index >= 15 is 0 Å². The minimum Gasteiger partial charge on any atom is -0.461 e. The van der Waals surface area contributed by atoms with E-state index in [0.29, 0.717) is 21.3 Å². The Kier molecular flexibility index (Phi) is 12.4. The quantitative estimate of drug-likeness (QED) is 0.177. The molecule has 2 aromatic rings. The van der Waals surface area contributed by atoms with Gasteiger partial charge in [-0.05, 0) is 86.3 Å². The van der Waals surface area contributed by atoms with Crippen LogP contribution >= 0.6 is 46.1 Å². The Bertz CT molecular complexity index is 1090.